The van der Waals surface area contributed by atoms with Crippen molar-refractivity contribution < 1.29 is 9.53 Å². The summed E-state index contributed by atoms with van der Waals surface area (Å²) in [6, 6.07) is 0. The molecule has 0 aromatic rings. The first-order chi connectivity index (χ1) is 5.20. The van der Waals surface area contributed by atoms with E-state index in [4.69, 9.17) is 4.74 Å². The van der Waals surface area contributed by atoms with Crippen molar-refractivity contribution in [2.75, 3.05) is 13.2 Å². The molecule has 1 N–H and O–H groups in total. The summed E-state index contributed by atoms with van der Waals surface area (Å²) in [5.74, 6) is 1.19. The lowest BCUT2D eigenvalue weighted by atomic mass is 9.93. The fraction of sp³-hybridized carbons (Fsp3) is 0.875. The molecule has 3 heteroatoms. The molecule has 1 aliphatic heterocycles. The van der Waals surface area contributed by atoms with Gasteiger partial charge >= 0.3 is 6.09 Å². The summed E-state index contributed by atoms with van der Waals surface area (Å²) >= 11 is 0. The highest BCUT2D eigenvalue weighted by Crippen LogP contribution is 2.15. The molecule has 11 heavy (non-hydrogen) atoms. The Morgan fingerprint density at radius 1 is 1.64 bits per heavy atom. The van der Waals surface area contributed by atoms with E-state index in [1.807, 2.05) is 0 Å². The fourth-order valence-electron chi connectivity index (χ4n) is 1.24. The van der Waals surface area contributed by atoms with Crippen LogP contribution in [-0.4, -0.2) is 19.2 Å². The SMILES string of the molecule is CC(C)C1CCOC(=O)NC1. The Hall–Kier alpha value is -0.730. The van der Waals surface area contributed by atoms with Gasteiger partial charge in [0.25, 0.3) is 0 Å². The van der Waals surface area contributed by atoms with Gasteiger partial charge in [0.1, 0.15) is 0 Å². The second-order valence-electron chi connectivity index (χ2n) is 3.31. The van der Waals surface area contributed by atoms with Gasteiger partial charge in [0.05, 0.1) is 6.61 Å². The molecule has 1 unspecified atom stereocenters. The fourth-order valence-corrected chi connectivity index (χ4v) is 1.24. The number of cyclic esters (lactones) is 1. The maximum absolute atomic E-state index is 10.7. The molecular weight excluding hydrogens is 142 g/mol. The Kier molecular flexibility index (Phi) is 2.74. The van der Waals surface area contributed by atoms with E-state index in [9.17, 15) is 4.79 Å². The van der Waals surface area contributed by atoms with Crippen molar-refractivity contribution in [2.45, 2.75) is 20.3 Å². The van der Waals surface area contributed by atoms with E-state index in [0.29, 0.717) is 18.4 Å². The van der Waals surface area contributed by atoms with Crippen LogP contribution in [0, 0.1) is 11.8 Å². The number of hydrogen-bond donors (Lipinski definition) is 1. The van der Waals surface area contributed by atoms with Crippen molar-refractivity contribution in [3.8, 4) is 0 Å². The molecule has 1 rings (SSSR count). The van der Waals surface area contributed by atoms with Crippen LogP contribution in [-0.2, 0) is 4.74 Å². The summed E-state index contributed by atoms with van der Waals surface area (Å²) in [6.07, 6.45) is 0.712. The van der Waals surface area contributed by atoms with Crippen LogP contribution in [0.2, 0.25) is 0 Å². The van der Waals surface area contributed by atoms with Crippen molar-refractivity contribution in [2.24, 2.45) is 11.8 Å². The average Bonchev–Trinajstić information content (AvgIpc) is 2.13. The van der Waals surface area contributed by atoms with E-state index in [2.05, 4.69) is 19.2 Å². The molecule has 1 atom stereocenters. The van der Waals surface area contributed by atoms with Gasteiger partial charge in [0.2, 0.25) is 0 Å². The molecule has 0 aliphatic carbocycles. The van der Waals surface area contributed by atoms with Crippen LogP contribution in [0.4, 0.5) is 4.79 Å². The normalized spacial score (nSPS) is 25.7. The van der Waals surface area contributed by atoms with Crippen LogP contribution >= 0.6 is 0 Å². The lowest BCUT2D eigenvalue weighted by molar-refractivity contribution is 0.151. The van der Waals surface area contributed by atoms with E-state index in [1.165, 1.54) is 0 Å². The Balaban J connectivity index is 2.40. The number of rotatable bonds is 1. The number of ether oxygens (including phenoxy) is 1. The molecule has 1 fully saturated rings. The first kappa shape index (κ1) is 8.37. The molecule has 3 nitrogen and oxygen atoms in total. The third kappa shape index (κ3) is 2.41. The molecule has 0 saturated carbocycles. The van der Waals surface area contributed by atoms with E-state index >= 15 is 0 Å². The number of carbonyl (C=O) groups is 1. The summed E-state index contributed by atoms with van der Waals surface area (Å²) in [5, 5.41) is 2.71. The standard InChI is InChI=1S/C8H15NO2/c1-6(2)7-3-4-11-8(10)9-5-7/h6-7H,3-5H2,1-2H3,(H,9,10). The lowest BCUT2D eigenvalue weighted by Crippen LogP contribution is -2.27. The summed E-state index contributed by atoms with van der Waals surface area (Å²) in [5.41, 5.74) is 0. The number of carbonyl (C=O) groups excluding carboxylic acids is 1. The molecule has 1 saturated heterocycles. The highest BCUT2D eigenvalue weighted by Gasteiger charge is 2.18. The molecule has 1 amide bonds. The number of hydrogen-bond acceptors (Lipinski definition) is 2. The predicted molar refractivity (Wildman–Crippen MR) is 42.3 cm³/mol. The quantitative estimate of drug-likeness (QED) is 0.624. The summed E-state index contributed by atoms with van der Waals surface area (Å²) in [6.45, 7) is 5.66. The van der Waals surface area contributed by atoms with Gasteiger partial charge in [-0.3, -0.25) is 0 Å². The maximum atomic E-state index is 10.7. The Labute approximate surface area is 67.1 Å². The van der Waals surface area contributed by atoms with E-state index < -0.39 is 0 Å². The first-order valence-corrected chi connectivity index (χ1v) is 4.11. The summed E-state index contributed by atoms with van der Waals surface area (Å²) in [4.78, 5) is 10.7. The van der Waals surface area contributed by atoms with E-state index in [-0.39, 0.29) is 6.09 Å². The Bertz CT molecular complexity index is 145. The van der Waals surface area contributed by atoms with Crippen LogP contribution in [0.3, 0.4) is 0 Å². The van der Waals surface area contributed by atoms with Gasteiger partial charge in [-0.2, -0.15) is 0 Å². The van der Waals surface area contributed by atoms with Gasteiger partial charge in [-0.25, -0.2) is 4.79 Å². The maximum Gasteiger partial charge on any atom is 0.407 e. The lowest BCUT2D eigenvalue weighted by Gasteiger charge is -2.16. The van der Waals surface area contributed by atoms with E-state index in [0.717, 1.165) is 13.0 Å². The highest BCUT2D eigenvalue weighted by molar-refractivity contribution is 5.67. The number of nitrogens with one attached hydrogen (secondary N) is 1. The van der Waals surface area contributed by atoms with Crippen molar-refractivity contribution in [3.63, 3.8) is 0 Å². The molecule has 0 radical (unpaired) electrons. The zero-order valence-electron chi connectivity index (χ0n) is 7.09. The van der Waals surface area contributed by atoms with Crippen LogP contribution < -0.4 is 5.32 Å². The van der Waals surface area contributed by atoms with Crippen LogP contribution in [0.5, 0.6) is 0 Å². The van der Waals surface area contributed by atoms with Crippen LogP contribution in [0.15, 0.2) is 0 Å². The summed E-state index contributed by atoms with van der Waals surface area (Å²) in [7, 11) is 0. The van der Waals surface area contributed by atoms with Crippen LogP contribution in [0.25, 0.3) is 0 Å². The Morgan fingerprint density at radius 2 is 2.36 bits per heavy atom. The second kappa shape index (κ2) is 3.60. The number of alkyl carbamates (subject to hydrolysis) is 1. The van der Waals surface area contributed by atoms with Crippen LogP contribution in [0.1, 0.15) is 20.3 Å². The third-order valence-electron chi connectivity index (χ3n) is 2.17. The predicted octanol–water partition coefficient (Wildman–Crippen LogP) is 1.39. The molecule has 0 spiro atoms. The average molecular weight is 157 g/mol. The van der Waals surface area contributed by atoms with Gasteiger partial charge in [-0.1, -0.05) is 13.8 Å². The minimum atomic E-state index is -0.270. The molecule has 64 valence electrons. The van der Waals surface area contributed by atoms with Crippen molar-refractivity contribution in [1.29, 1.82) is 0 Å². The zero-order valence-corrected chi connectivity index (χ0v) is 7.09. The molecule has 0 aromatic heterocycles. The van der Waals surface area contributed by atoms with Gasteiger partial charge < -0.3 is 10.1 Å². The monoisotopic (exact) mass is 157 g/mol. The molecular formula is C8H15NO2. The minimum Gasteiger partial charge on any atom is -0.450 e. The topological polar surface area (TPSA) is 38.3 Å². The Morgan fingerprint density at radius 3 is 3.00 bits per heavy atom. The smallest absolute Gasteiger partial charge is 0.407 e. The highest BCUT2D eigenvalue weighted by atomic mass is 16.5. The second-order valence-corrected chi connectivity index (χ2v) is 3.31. The van der Waals surface area contributed by atoms with Crippen molar-refractivity contribution >= 4 is 6.09 Å². The number of amides is 1. The zero-order chi connectivity index (χ0) is 8.27. The van der Waals surface area contributed by atoms with Crippen molar-refractivity contribution in [3.05, 3.63) is 0 Å². The molecule has 0 bridgehead atoms. The largest absolute Gasteiger partial charge is 0.450 e. The molecule has 1 aliphatic rings. The van der Waals surface area contributed by atoms with Gasteiger partial charge in [0, 0.05) is 6.54 Å². The van der Waals surface area contributed by atoms with Crippen molar-refractivity contribution in [1.82, 2.24) is 5.32 Å². The van der Waals surface area contributed by atoms with Gasteiger partial charge in [-0.05, 0) is 18.3 Å². The van der Waals surface area contributed by atoms with E-state index in [1.54, 1.807) is 0 Å². The van der Waals surface area contributed by atoms with Gasteiger partial charge in [-0.15, -0.1) is 0 Å². The summed E-state index contributed by atoms with van der Waals surface area (Å²) < 4.78 is 4.83. The minimum absolute atomic E-state index is 0.270. The van der Waals surface area contributed by atoms with Gasteiger partial charge in [0.15, 0.2) is 0 Å². The third-order valence-corrected chi connectivity index (χ3v) is 2.17. The first-order valence-electron chi connectivity index (χ1n) is 4.11. The molecule has 0 aromatic carbocycles. The molecule has 1 heterocycles.